The topological polar surface area (TPSA) is 49.8 Å². The van der Waals surface area contributed by atoms with Gasteiger partial charge in [0.25, 0.3) is 0 Å². The molecule has 19 heavy (non-hydrogen) atoms. The van der Waals surface area contributed by atoms with E-state index in [4.69, 9.17) is 35.4 Å². The van der Waals surface area contributed by atoms with Gasteiger partial charge in [-0.25, -0.2) is 9.97 Å². The van der Waals surface area contributed by atoms with Crippen molar-refractivity contribution in [1.82, 2.24) is 15.3 Å². The lowest BCUT2D eigenvalue weighted by atomic mass is 10.2. The van der Waals surface area contributed by atoms with Gasteiger partial charge >= 0.3 is 0 Å². The normalized spacial score (nSPS) is 10.0. The fourth-order valence-electron chi connectivity index (χ4n) is 1.36. The van der Waals surface area contributed by atoms with Gasteiger partial charge in [-0.15, -0.1) is 0 Å². The maximum absolute atomic E-state index is 5.88. The van der Waals surface area contributed by atoms with Gasteiger partial charge < -0.3 is 10.6 Å². The summed E-state index contributed by atoms with van der Waals surface area (Å²) in [7, 11) is 0. The quantitative estimate of drug-likeness (QED) is 0.852. The number of hydrogen-bond acceptors (Lipinski definition) is 3. The Kier molecular flexibility index (Phi) is 4.90. The SMILES string of the molecule is S=C(NCc1ccccc1)Nc1ncc(Cl)nc1Cl. The Hall–Kier alpha value is -1.43. The minimum absolute atomic E-state index is 0.177. The molecule has 0 fully saturated rings. The van der Waals surface area contributed by atoms with Crippen LogP contribution in [0.2, 0.25) is 10.3 Å². The van der Waals surface area contributed by atoms with Crippen LogP contribution in [0.1, 0.15) is 5.56 Å². The van der Waals surface area contributed by atoms with Gasteiger partial charge in [-0.2, -0.15) is 0 Å². The fraction of sp³-hybridized carbons (Fsp3) is 0.0833. The van der Waals surface area contributed by atoms with Crippen LogP contribution in [0.3, 0.4) is 0 Å². The molecule has 0 bridgehead atoms. The maximum Gasteiger partial charge on any atom is 0.173 e. The van der Waals surface area contributed by atoms with Crippen LogP contribution in [0.25, 0.3) is 0 Å². The molecule has 7 heteroatoms. The molecule has 0 aliphatic carbocycles. The highest BCUT2D eigenvalue weighted by atomic mass is 35.5. The first kappa shape index (κ1) is 14.0. The summed E-state index contributed by atoms with van der Waals surface area (Å²) in [6.07, 6.45) is 1.40. The van der Waals surface area contributed by atoms with Crippen LogP contribution in [-0.2, 0) is 6.54 Å². The summed E-state index contributed by atoms with van der Waals surface area (Å²) in [5.41, 5.74) is 1.12. The lowest BCUT2D eigenvalue weighted by Crippen LogP contribution is -2.28. The molecule has 0 amide bonds. The zero-order chi connectivity index (χ0) is 13.7. The zero-order valence-corrected chi connectivity index (χ0v) is 12.1. The Balaban J connectivity index is 1.91. The Bertz CT molecular complexity index is 577. The third-order valence-electron chi connectivity index (χ3n) is 2.23. The number of nitrogens with one attached hydrogen (secondary N) is 2. The van der Waals surface area contributed by atoms with Crippen molar-refractivity contribution in [2.75, 3.05) is 5.32 Å². The number of hydrogen-bond donors (Lipinski definition) is 2. The molecule has 98 valence electrons. The molecule has 0 aliphatic rings. The van der Waals surface area contributed by atoms with E-state index in [9.17, 15) is 0 Å². The van der Waals surface area contributed by atoms with Crippen LogP contribution in [0, 0.1) is 0 Å². The number of rotatable bonds is 3. The van der Waals surface area contributed by atoms with Crippen LogP contribution >= 0.6 is 35.4 Å². The highest BCUT2D eigenvalue weighted by molar-refractivity contribution is 7.80. The Morgan fingerprint density at radius 3 is 2.63 bits per heavy atom. The summed E-state index contributed by atoms with van der Waals surface area (Å²) in [6, 6.07) is 9.91. The molecule has 2 aromatic rings. The average Bonchev–Trinajstić information content (AvgIpc) is 2.41. The van der Waals surface area contributed by atoms with E-state index < -0.39 is 0 Å². The van der Waals surface area contributed by atoms with E-state index in [0.29, 0.717) is 17.5 Å². The molecule has 2 rings (SSSR count). The van der Waals surface area contributed by atoms with Gasteiger partial charge in [0.2, 0.25) is 0 Å². The smallest absolute Gasteiger partial charge is 0.173 e. The van der Waals surface area contributed by atoms with Gasteiger partial charge in [-0.3, -0.25) is 0 Å². The lowest BCUT2D eigenvalue weighted by molar-refractivity contribution is 0.924. The third-order valence-corrected chi connectivity index (χ3v) is 2.92. The van der Waals surface area contributed by atoms with Crippen molar-refractivity contribution in [2.24, 2.45) is 0 Å². The number of thiocarbonyl (C=S) groups is 1. The second-order valence-electron chi connectivity index (χ2n) is 3.63. The van der Waals surface area contributed by atoms with Crippen molar-refractivity contribution < 1.29 is 0 Å². The number of anilines is 1. The first-order valence-corrected chi connectivity index (χ1v) is 6.58. The predicted molar refractivity (Wildman–Crippen MR) is 81.6 cm³/mol. The lowest BCUT2D eigenvalue weighted by Gasteiger charge is -2.10. The largest absolute Gasteiger partial charge is 0.358 e. The van der Waals surface area contributed by atoms with Crippen LogP contribution in [-0.4, -0.2) is 15.1 Å². The summed E-state index contributed by atoms with van der Waals surface area (Å²) in [4.78, 5) is 7.87. The summed E-state index contributed by atoms with van der Waals surface area (Å²) >= 11 is 16.7. The molecule has 0 saturated heterocycles. The molecule has 0 spiro atoms. The Morgan fingerprint density at radius 2 is 1.95 bits per heavy atom. The molecule has 1 aromatic carbocycles. The van der Waals surface area contributed by atoms with Gasteiger partial charge in [-0.1, -0.05) is 53.5 Å². The highest BCUT2D eigenvalue weighted by Crippen LogP contribution is 2.17. The van der Waals surface area contributed by atoms with E-state index in [1.54, 1.807) is 0 Å². The van der Waals surface area contributed by atoms with Crippen molar-refractivity contribution in [3.63, 3.8) is 0 Å². The van der Waals surface area contributed by atoms with Gasteiger partial charge in [0.15, 0.2) is 16.1 Å². The second kappa shape index (κ2) is 6.65. The standard InChI is InChI=1S/C12H10Cl2N4S/c13-9-7-15-11(10(14)17-9)18-12(19)16-6-8-4-2-1-3-5-8/h1-5,7H,6H2,(H2,15,16,18,19). The molecular formula is C12H10Cl2N4S. The Labute approximate surface area is 126 Å². The van der Waals surface area contributed by atoms with E-state index in [2.05, 4.69) is 20.6 Å². The summed E-state index contributed by atoms with van der Waals surface area (Å²) in [5.74, 6) is 0.372. The first-order chi connectivity index (χ1) is 9.15. The highest BCUT2D eigenvalue weighted by Gasteiger charge is 2.06. The number of halogens is 2. The molecule has 0 unspecified atom stereocenters. The fourth-order valence-corrected chi connectivity index (χ4v) is 1.89. The number of nitrogens with zero attached hydrogens (tertiary/aromatic N) is 2. The van der Waals surface area contributed by atoms with Crippen LogP contribution in [0.4, 0.5) is 5.82 Å². The number of aromatic nitrogens is 2. The minimum Gasteiger partial charge on any atom is -0.358 e. The molecule has 0 aliphatic heterocycles. The van der Waals surface area contributed by atoms with Gasteiger partial charge in [0.1, 0.15) is 5.15 Å². The molecule has 2 N–H and O–H groups in total. The first-order valence-electron chi connectivity index (χ1n) is 5.42. The van der Waals surface area contributed by atoms with E-state index in [1.807, 2.05) is 30.3 Å². The zero-order valence-electron chi connectivity index (χ0n) is 9.73. The van der Waals surface area contributed by atoms with Gasteiger partial charge in [0.05, 0.1) is 6.20 Å². The van der Waals surface area contributed by atoms with Crippen molar-refractivity contribution >= 4 is 46.4 Å². The van der Waals surface area contributed by atoms with E-state index in [-0.39, 0.29) is 10.3 Å². The average molecular weight is 313 g/mol. The molecule has 0 atom stereocenters. The maximum atomic E-state index is 5.88. The minimum atomic E-state index is 0.177. The molecular weight excluding hydrogens is 303 g/mol. The third kappa shape index (κ3) is 4.31. The van der Waals surface area contributed by atoms with Crippen LogP contribution in [0.5, 0.6) is 0 Å². The van der Waals surface area contributed by atoms with E-state index in [0.717, 1.165) is 5.56 Å². The summed E-state index contributed by atoms with van der Waals surface area (Å²) in [5, 5.41) is 6.74. The van der Waals surface area contributed by atoms with Crippen LogP contribution < -0.4 is 10.6 Å². The molecule has 1 aromatic heterocycles. The molecule has 1 heterocycles. The van der Waals surface area contributed by atoms with Crippen LogP contribution in [0.15, 0.2) is 36.5 Å². The van der Waals surface area contributed by atoms with Gasteiger partial charge in [-0.05, 0) is 17.8 Å². The van der Waals surface area contributed by atoms with Crippen molar-refractivity contribution in [3.05, 3.63) is 52.4 Å². The molecule has 0 radical (unpaired) electrons. The Morgan fingerprint density at radius 1 is 1.21 bits per heavy atom. The molecule has 0 saturated carbocycles. The van der Waals surface area contributed by atoms with Crippen molar-refractivity contribution in [1.29, 1.82) is 0 Å². The van der Waals surface area contributed by atoms with Gasteiger partial charge in [0, 0.05) is 6.54 Å². The monoisotopic (exact) mass is 312 g/mol. The predicted octanol–water partition coefficient (Wildman–Crippen LogP) is 3.27. The summed E-state index contributed by atoms with van der Waals surface area (Å²) < 4.78 is 0. The molecule has 4 nitrogen and oxygen atoms in total. The number of benzene rings is 1. The van der Waals surface area contributed by atoms with Crippen molar-refractivity contribution in [3.8, 4) is 0 Å². The van der Waals surface area contributed by atoms with E-state index in [1.165, 1.54) is 6.20 Å². The second-order valence-corrected chi connectivity index (χ2v) is 4.78. The van der Waals surface area contributed by atoms with Crippen molar-refractivity contribution in [2.45, 2.75) is 6.54 Å². The summed E-state index contributed by atoms with van der Waals surface area (Å²) in [6.45, 7) is 0.616. The van der Waals surface area contributed by atoms with E-state index >= 15 is 0 Å².